The Bertz CT molecular complexity index is 722. The number of anilines is 1. The topological polar surface area (TPSA) is 67.3 Å². The minimum absolute atomic E-state index is 0.0481. The van der Waals surface area contributed by atoms with Crippen LogP contribution in [0.4, 0.5) is 5.13 Å². The van der Waals surface area contributed by atoms with Gasteiger partial charge in [-0.15, -0.1) is 10.2 Å². The van der Waals surface area contributed by atoms with Crippen molar-refractivity contribution in [2.45, 2.75) is 23.1 Å². The average Bonchev–Trinajstić information content (AvgIpc) is 3.10. The lowest BCUT2D eigenvalue weighted by Gasteiger charge is -2.25. The van der Waals surface area contributed by atoms with Crippen molar-refractivity contribution in [1.29, 1.82) is 0 Å². The van der Waals surface area contributed by atoms with Crippen LogP contribution >= 0.6 is 34.7 Å². The van der Waals surface area contributed by atoms with Crippen LogP contribution in [0.25, 0.3) is 0 Å². The van der Waals surface area contributed by atoms with Crippen LogP contribution in [0.2, 0.25) is 5.02 Å². The second-order valence-electron chi connectivity index (χ2n) is 5.52. The normalized spacial score (nSPS) is 15.8. The Hall–Kier alpha value is -1.35. The Labute approximate surface area is 159 Å². The summed E-state index contributed by atoms with van der Waals surface area (Å²) in [5.74, 6) is -0.0481. The summed E-state index contributed by atoms with van der Waals surface area (Å²) in [6, 6.07) is 7.49. The molecule has 0 saturated carbocycles. The average molecular weight is 399 g/mol. The molecule has 3 rings (SSSR count). The smallest absolute Gasteiger partial charge is 0.233 e. The molecule has 2 aromatic rings. The van der Waals surface area contributed by atoms with Gasteiger partial charge < -0.3 is 15.0 Å². The molecule has 134 valence electrons. The Balaban J connectivity index is 1.51. The summed E-state index contributed by atoms with van der Waals surface area (Å²) in [5.41, 5.74) is 0.903. The van der Waals surface area contributed by atoms with Gasteiger partial charge in [-0.3, -0.25) is 4.79 Å². The minimum Gasteiger partial charge on any atom is -0.378 e. The fourth-order valence-corrected chi connectivity index (χ4v) is 4.57. The molecule has 0 spiro atoms. The summed E-state index contributed by atoms with van der Waals surface area (Å²) in [7, 11) is 0. The quantitative estimate of drug-likeness (QED) is 0.754. The molecule has 1 saturated heterocycles. The number of benzene rings is 1. The van der Waals surface area contributed by atoms with E-state index in [9.17, 15) is 4.79 Å². The summed E-state index contributed by atoms with van der Waals surface area (Å²) in [6.07, 6.45) is 0. The number of carbonyl (C=O) groups is 1. The number of nitrogens with one attached hydrogen (secondary N) is 1. The van der Waals surface area contributed by atoms with Crippen LogP contribution in [-0.2, 0) is 16.1 Å². The first-order valence-corrected chi connectivity index (χ1v) is 10.0. The number of aromatic nitrogens is 2. The lowest BCUT2D eigenvalue weighted by atomic mass is 10.2. The molecule has 1 aromatic carbocycles. The minimum atomic E-state index is -0.257. The fourth-order valence-electron chi connectivity index (χ4n) is 2.31. The first-order valence-electron chi connectivity index (χ1n) is 7.97. The number of amides is 1. The molecule has 9 heteroatoms. The first kappa shape index (κ1) is 18.4. The maximum atomic E-state index is 12.3. The molecule has 0 radical (unpaired) electrons. The zero-order valence-electron chi connectivity index (χ0n) is 13.8. The summed E-state index contributed by atoms with van der Waals surface area (Å²) in [4.78, 5) is 14.5. The van der Waals surface area contributed by atoms with E-state index in [1.54, 1.807) is 0 Å². The van der Waals surface area contributed by atoms with Crippen LogP contribution in [0.1, 0.15) is 12.5 Å². The molecule has 1 amide bonds. The third kappa shape index (κ3) is 5.07. The number of carbonyl (C=O) groups excluding carboxylic acids is 1. The third-order valence-electron chi connectivity index (χ3n) is 3.74. The van der Waals surface area contributed by atoms with Crippen molar-refractivity contribution >= 4 is 45.7 Å². The molecule has 1 atom stereocenters. The number of nitrogens with zero attached hydrogens (tertiary/aromatic N) is 3. The number of halogens is 1. The molecular weight excluding hydrogens is 380 g/mol. The molecule has 0 bridgehead atoms. The van der Waals surface area contributed by atoms with Crippen molar-refractivity contribution in [3.63, 3.8) is 0 Å². The summed E-state index contributed by atoms with van der Waals surface area (Å²) < 4.78 is 6.14. The van der Waals surface area contributed by atoms with Crippen LogP contribution in [-0.4, -0.2) is 47.7 Å². The SMILES string of the molecule is CC(Sc1nnc(N2CCOCC2)s1)C(=O)NCc1ccccc1Cl. The second kappa shape index (κ2) is 8.84. The number of thioether (sulfide) groups is 1. The predicted octanol–water partition coefficient (Wildman–Crippen LogP) is 2.83. The predicted molar refractivity (Wildman–Crippen MR) is 102 cm³/mol. The second-order valence-corrected chi connectivity index (χ2v) is 8.47. The highest BCUT2D eigenvalue weighted by molar-refractivity contribution is 8.02. The summed E-state index contributed by atoms with van der Waals surface area (Å²) >= 11 is 9.04. The Kier molecular flexibility index (Phi) is 6.52. The standard InChI is InChI=1S/C16H19ClN4O2S2/c1-11(14(22)18-10-12-4-2-3-5-13(12)17)24-16-20-19-15(25-16)21-6-8-23-9-7-21/h2-5,11H,6-10H2,1H3,(H,18,22). The van der Waals surface area contributed by atoms with Crippen LogP contribution in [0, 0.1) is 0 Å². The molecule has 1 fully saturated rings. The van der Waals surface area contributed by atoms with Gasteiger partial charge in [0, 0.05) is 24.7 Å². The van der Waals surface area contributed by atoms with Gasteiger partial charge in [0.15, 0.2) is 4.34 Å². The van der Waals surface area contributed by atoms with Gasteiger partial charge in [-0.1, -0.05) is 52.9 Å². The summed E-state index contributed by atoms with van der Waals surface area (Å²) in [6.45, 7) is 5.35. The van der Waals surface area contributed by atoms with Crippen LogP contribution in [0.3, 0.4) is 0 Å². The van der Waals surface area contributed by atoms with Crippen molar-refractivity contribution in [1.82, 2.24) is 15.5 Å². The zero-order chi connectivity index (χ0) is 17.6. The van der Waals surface area contributed by atoms with Crippen molar-refractivity contribution in [3.8, 4) is 0 Å². The molecule has 1 aliphatic rings. The van der Waals surface area contributed by atoms with E-state index in [-0.39, 0.29) is 11.2 Å². The molecule has 2 heterocycles. The van der Waals surface area contributed by atoms with E-state index in [1.165, 1.54) is 23.1 Å². The van der Waals surface area contributed by atoms with E-state index in [2.05, 4.69) is 20.4 Å². The van der Waals surface area contributed by atoms with Crippen LogP contribution in [0.15, 0.2) is 28.6 Å². The largest absolute Gasteiger partial charge is 0.378 e. The van der Waals surface area contributed by atoms with Gasteiger partial charge in [0.25, 0.3) is 0 Å². The number of rotatable bonds is 6. The Morgan fingerprint density at radius 3 is 2.92 bits per heavy atom. The van der Waals surface area contributed by atoms with Gasteiger partial charge in [-0.2, -0.15) is 0 Å². The van der Waals surface area contributed by atoms with Crippen molar-refractivity contribution < 1.29 is 9.53 Å². The van der Waals surface area contributed by atoms with Gasteiger partial charge >= 0.3 is 0 Å². The molecule has 1 aromatic heterocycles. The number of hydrogen-bond acceptors (Lipinski definition) is 7. The summed E-state index contributed by atoms with van der Waals surface area (Å²) in [5, 5.41) is 12.6. The third-order valence-corrected chi connectivity index (χ3v) is 6.27. The van der Waals surface area contributed by atoms with Crippen molar-refractivity contribution in [2.75, 3.05) is 31.2 Å². The maximum absolute atomic E-state index is 12.3. The highest BCUT2D eigenvalue weighted by Gasteiger charge is 2.20. The molecule has 1 unspecified atom stereocenters. The zero-order valence-corrected chi connectivity index (χ0v) is 16.2. The van der Waals surface area contributed by atoms with Gasteiger partial charge in [-0.05, 0) is 18.6 Å². The Morgan fingerprint density at radius 1 is 1.40 bits per heavy atom. The van der Waals surface area contributed by atoms with E-state index < -0.39 is 0 Å². The van der Waals surface area contributed by atoms with E-state index >= 15 is 0 Å². The van der Waals surface area contributed by atoms with Crippen LogP contribution in [0.5, 0.6) is 0 Å². The molecule has 1 N–H and O–H groups in total. The Morgan fingerprint density at radius 2 is 2.16 bits per heavy atom. The lowest BCUT2D eigenvalue weighted by molar-refractivity contribution is -0.120. The first-order chi connectivity index (χ1) is 12.1. The van der Waals surface area contributed by atoms with E-state index in [4.69, 9.17) is 16.3 Å². The maximum Gasteiger partial charge on any atom is 0.233 e. The van der Waals surface area contributed by atoms with Gasteiger partial charge in [0.2, 0.25) is 11.0 Å². The van der Waals surface area contributed by atoms with Gasteiger partial charge in [0.1, 0.15) is 0 Å². The molecule has 25 heavy (non-hydrogen) atoms. The lowest BCUT2D eigenvalue weighted by Crippen LogP contribution is -2.36. The number of ether oxygens (including phenoxy) is 1. The number of morpholine rings is 1. The molecular formula is C16H19ClN4O2S2. The van der Waals surface area contributed by atoms with Gasteiger partial charge in [0.05, 0.1) is 18.5 Å². The highest BCUT2D eigenvalue weighted by Crippen LogP contribution is 2.31. The molecule has 6 nitrogen and oxygen atoms in total. The monoisotopic (exact) mass is 398 g/mol. The molecule has 0 aliphatic carbocycles. The van der Waals surface area contributed by atoms with E-state index in [0.29, 0.717) is 24.8 Å². The fraction of sp³-hybridized carbons (Fsp3) is 0.438. The van der Waals surface area contributed by atoms with E-state index in [0.717, 1.165) is 28.1 Å². The van der Waals surface area contributed by atoms with Crippen LogP contribution < -0.4 is 10.2 Å². The van der Waals surface area contributed by atoms with E-state index in [1.807, 2.05) is 31.2 Å². The van der Waals surface area contributed by atoms with Gasteiger partial charge in [-0.25, -0.2) is 0 Å². The number of hydrogen-bond donors (Lipinski definition) is 1. The highest BCUT2D eigenvalue weighted by atomic mass is 35.5. The van der Waals surface area contributed by atoms with Crippen molar-refractivity contribution in [2.24, 2.45) is 0 Å². The van der Waals surface area contributed by atoms with Crippen molar-refractivity contribution in [3.05, 3.63) is 34.9 Å². The molecule has 1 aliphatic heterocycles.